The minimum absolute atomic E-state index is 0.143. The van der Waals surface area contributed by atoms with E-state index in [-0.39, 0.29) is 25.7 Å². The lowest BCUT2D eigenvalue weighted by atomic mass is 10.2. The van der Waals surface area contributed by atoms with Crippen LogP contribution in [0.1, 0.15) is 24.5 Å². The lowest BCUT2D eigenvalue weighted by Crippen LogP contribution is -2.39. The van der Waals surface area contributed by atoms with Crippen molar-refractivity contribution in [3.63, 3.8) is 0 Å². The Morgan fingerprint density at radius 2 is 1.93 bits per heavy atom. The Morgan fingerprint density at radius 3 is 2.67 bits per heavy atom. The van der Waals surface area contributed by atoms with Crippen molar-refractivity contribution in [1.82, 2.24) is 30.5 Å². The van der Waals surface area contributed by atoms with Crippen LogP contribution in [0.4, 0.5) is 4.79 Å². The van der Waals surface area contributed by atoms with Crippen LogP contribution in [0.3, 0.4) is 0 Å². The number of carbonyl (C=O) groups is 1. The van der Waals surface area contributed by atoms with E-state index in [1.54, 1.807) is 7.11 Å². The summed E-state index contributed by atoms with van der Waals surface area (Å²) in [6.45, 7) is 2.91. The van der Waals surface area contributed by atoms with Gasteiger partial charge >= 0.3 is 6.03 Å². The van der Waals surface area contributed by atoms with Crippen molar-refractivity contribution in [2.75, 3.05) is 13.7 Å². The van der Waals surface area contributed by atoms with E-state index in [1.165, 1.54) is 4.90 Å². The minimum atomic E-state index is -0.296. The Labute approximate surface area is 155 Å². The fourth-order valence-corrected chi connectivity index (χ4v) is 2.32. The molecule has 2 heterocycles. The number of aromatic nitrogens is 4. The average Bonchev–Trinajstić information content (AvgIpc) is 3.35. The second-order valence-corrected chi connectivity index (χ2v) is 5.59. The van der Waals surface area contributed by atoms with Gasteiger partial charge in [0.25, 0.3) is 5.89 Å². The van der Waals surface area contributed by atoms with Gasteiger partial charge in [-0.15, -0.1) is 0 Å². The monoisotopic (exact) mass is 372 g/mol. The van der Waals surface area contributed by atoms with Gasteiger partial charge in [-0.25, -0.2) is 4.79 Å². The van der Waals surface area contributed by atoms with Crippen LogP contribution in [0.5, 0.6) is 0 Å². The fraction of sp³-hybridized carbons (Fsp3) is 0.353. The predicted molar refractivity (Wildman–Crippen MR) is 93.1 cm³/mol. The Balaban J connectivity index is 1.55. The normalized spacial score (nSPS) is 10.7. The van der Waals surface area contributed by atoms with E-state index in [9.17, 15) is 4.79 Å². The number of urea groups is 1. The highest BCUT2D eigenvalue weighted by atomic mass is 16.5. The van der Waals surface area contributed by atoms with Gasteiger partial charge in [-0.2, -0.15) is 9.97 Å². The summed E-state index contributed by atoms with van der Waals surface area (Å²) in [5, 5.41) is 10.4. The number of ether oxygens (including phenoxy) is 1. The van der Waals surface area contributed by atoms with Crippen LogP contribution >= 0.6 is 0 Å². The van der Waals surface area contributed by atoms with Gasteiger partial charge in [0.05, 0.1) is 6.54 Å². The third-order valence-electron chi connectivity index (χ3n) is 3.67. The molecule has 0 unspecified atom stereocenters. The molecule has 3 rings (SSSR count). The van der Waals surface area contributed by atoms with E-state index in [0.29, 0.717) is 30.0 Å². The number of nitrogens with one attached hydrogen (secondary N) is 1. The van der Waals surface area contributed by atoms with Crippen molar-refractivity contribution in [3.05, 3.63) is 47.9 Å². The molecule has 0 saturated heterocycles. The van der Waals surface area contributed by atoms with Crippen LogP contribution in [-0.2, 0) is 24.4 Å². The molecule has 10 nitrogen and oxygen atoms in total. The molecule has 0 aliphatic rings. The summed E-state index contributed by atoms with van der Waals surface area (Å²) >= 11 is 0. The van der Waals surface area contributed by atoms with Crippen molar-refractivity contribution in [2.45, 2.75) is 26.6 Å². The predicted octanol–water partition coefficient (Wildman–Crippen LogP) is 2.00. The largest absolute Gasteiger partial charge is 0.377 e. The van der Waals surface area contributed by atoms with Gasteiger partial charge in [-0.3, -0.25) is 0 Å². The second-order valence-electron chi connectivity index (χ2n) is 5.59. The minimum Gasteiger partial charge on any atom is -0.377 e. The van der Waals surface area contributed by atoms with Crippen LogP contribution < -0.4 is 5.32 Å². The van der Waals surface area contributed by atoms with E-state index in [2.05, 4.69) is 25.6 Å². The first-order valence-corrected chi connectivity index (χ1v) is 8.40. The highest BCUT2D eigenvalue weighted by molar-refractivity contribution is 5.73. The summed E-state index contributed by atoms with van der Waals surface area (Å²) in [6, 6.07) is 9.12. The first-order chi connectivity index (χ1) is 13.2. The molecule has 2 amide bonds. The van der Waals surface area contributed by atoms with E-state index >= 15 is 0 Å². The zero-order chi connectivity index (χ0) is 19.1. The standard InChI is InChI=1S/C17H20N6O4/c1-3-23(10-15-19-14(11-25-2)22-26-15)17(24)18-9-13-20-16(27-21-13)12-7-5-4-6-8-12/h4-8H,3,9-11H2,1-2H3,(H,18,24). The van der Waals surface area contributed by atoms with E-state index < -0.39 is 0 Å². The molecule has 0 radical (unpaired) electrons. The quantitative estimate of drug-likeness (QED) is 0.637. The highest BCUT2D eigenvalue weighted by Gasteiger charge is 2.17. The van der Waals surface area contributed by atoms with Gasteiger partial charge in [-0.1, -0.05) is 28.5 Å². The summed E-state index contributed by atoms with van der Waals surface area (Å²) in [5.41, 5.74) is 0.820. The van der Waals surface area contributed by atoms with Crippen molar-refractivity contribution in [1.29, 1.82) is 0 Å². The summed E-state index contributed by atoms with van der Waals surface area (Å²) in [6.07, 6.45) is 0. The fourth-order valence-electron chi connectivity index (χ4n) is 2.32. The summed E-state index contributed by atoms with van der Waals surface area (Å²) in [7, 11) is 1.54. The number of rotatable bonds is 8. The maximum atomic E-state index is 12.4. The van der Waals surface area contributed by atoms with Crippen LogP contribution in [0.2, 0.25) is 0 Å². The topological polar surface area (TPSA) is 119 Å². The van der Waals surface area contributed by atoms with Crippen LogP contribution in [0, 0.1) is 0 Å². The Morgan fingerprint density at radius 1 is 1.15 bits per heavy atom. The molecule has 0 bridgehead atoms. The molecule has 1 N–H and O–H groups in total. The Hall–Kier alpha value is -3.27. The number of nitrogens with zero attached hydrogens (tertiary/aromatic N) is 5. The van der Waals surface area contributed by atoms with E-state index in [4.69, 9.17) is 13.8 Å². The maximum absolute atomic E-state index is 12.4. The van der Waals surface area contributed by atoms with Gasteiger partial charge in [0.1, 0.15) is 13.2 Å². The van der Waals surface area contributed by atoms with Gasteiger partial charge in [0.15, 0.2) is 11.6 Å². The molecule has 10 heteroatoms. The number of amides is 2. The molecule has 3 aromatic rings. The van der Waals surface area contributed by atoms with Gasteiger partial charge in [-0.05, 0) is 19.1 Å². The molecule has 1 aromatic carbocycles. The number of methoxy groups -OCH3 is 1. The molecule has 0 atom stereocenters. The van der Waals surface area contributed by atoms with Gasteiger partial charge in [0.2, 0.25) is 5.89 Å². The SMILES string of the molecule is CCN(Cc1nc(COC)no1)C(=O)NCc1noc(-c2ccccc2)n1. The molecular weight excluding hydrogens is 352 g/mol. The molecule has 0 aliphatic carbocycles. The number of hydrogen-bond donors (Lipinski definition) is 1. The first kappa shape index (κ1) is 18.5. The van der Waals surface area contributed by atoms with E-state index in [0.717, 1.165) is 5.56 Å². The molecule has 142 valence electrons. The van der Waals surface area contributed by atoms with Crippen LogP contribution in [0.15, 0.2) is 39.4 Å². The third-order valence-corrected chi connectivity index (χ3v) is 3.67. The first-order valence-electron chi connectivity index (χ1n) is 8.40. The Kier molecular flexibility index (Phi) is 6.10. The number of carbonyl (C=O) groups excluding carboxylic acids is 1. The Bertz CT molecular complexity index is 863. The highest BCUT2D eigenvalue weighted by Crippen LogP contribution is 2.15. The molecule has 27 heavy (non-hydrogen) atoms. The smallest absolute Gasteiger partial charge is 0.318 e. The molecule has 0 aliphatic heterocycles. The lowest BCUT2D eigenvalue weighted by Gasteiger charge is -2.18. The van der Waals surface area contributed by atoms with Gasteiger partial charge in [0, 0.05) is 19.2 Å². The van der Waals surface area contributed by atoms with E-state index in [1.807, 2.05) is 37.3 Å². The second kappa shape index (κ2) is 8.90. The zero-order valence-electron chi connectivity index (χ0n) is 15.1. The molecular formula is C17H20N6O4. The molecule has 2 aromatic heterocycles. The number of hydrogen-bond acceptors (Lipinski definition) is 8. The number of benzene rings is 1. The molecule has 0 fully saturated rings. The molecule has 0 spiro atoms. The van der Waals surface area contributed by atoms with Crippen molar-refractivity contribution < 1.29 is 18.6 Å². The molecule has 0 saturated carbocycles. The third kappa shape index (κ3) is 4.88. The summed E-state index contributed by atoms with van der Waals surface area (Å²) < 4.78 is 15.3. The van der Waals surface area contributed by atoms with Crippen LogP contribution in [-0.4, -0.2) is 44.9 Å². The zero-order valence-corrected chi connectivity index (χ0v) is 15.1. The van der Waals surface area contributed by atoms with Gasteiger partial charge < -0.3 is 24.0 Å². The average molecular weight is 372 g/mol. The van der Waals surface area contributed by atoms with Crippen molar-refractivity contribution in [3.8, 4) is 11.5 Å². The lowest BCUT2D eigenvalue weighted by molar-refractivity contribution is 0.174. The van der Waals surface area contributed by atoms with Crippen molar-refractivity contribution >= 4 is 6.03 Å². The maximum Gasteiger partial charge on any atom is 0.318 e. The summed E-state index contributed by atoms with van der Waals surface area (Å²) in [4.78, 5) is 22.3. The van der Waals surface area contributed by atoms with Crippen molar-refractivity contribution in [2.24, 2.45) is 0 Å². The van der Waals surface area contributed by atoms with Crippen LogP contribution in [0.25, 0.3) is 11.5 Å². The summed E-state index contributed by atoms with van der Waals surface area (Å²) in [5.74, 6) is 1.57.